The van der Waals surface area contributed by atoms with Crippen molar-refractivity contribution >= 4 is 11.8 Å². The summed E-state index contributed by atoms with van der Waals surface area (Å²) in [7, 11) is 0. The fourth-order valence-electron chi connectivity index (χ4n) is 1.57. The molecule has 0 amide bonds. The summed E-state index contributed by atoms with van der Waals surface area (Å²) in [5.41, 5.74) is 8.36. The van der Waals surface area contributed by atoms with Crippen molar-refractivity contribution in [2.24, 2.45) is 0 Å². The highest BCUT2D eigenvalue weighted by Gasteiger charge is 2.00. The van der Waals surface area contributed by atoms with E-state index in [-0.39, 0.29) is 0 Å². The molecule has 0 fully saturated rings. The molecule has 5 heteroatoms. The number of aryl methyl sites for hydroxylation is 2. The van der Waals surface area contributed by atoms with E-state index in [0.29, 0.717) is 18.3 Å². The first-order chi connectivity index (χ1) is 8.13. The standard InChI is InChI=1S/C12H15N5/c1-8-6-9(2)16-12(15-8)14-7-10-4-3-5-11(13)17-10/h3-6H,7H2,1-2H3,(H2,13,17)(H,14,15,16). The van der Waals surface area contributed by atoms with Crippen molar-refractivity contribution in [3.8, 4) is 0 Å². The summed E-state index contributed by atoms with van der Waals surface area (Å²) in [4.78, 5) is 12.8. The summed E-state index contributed by atoms with van der Waals surface area (Å²) < 4.78 is 0. The maximum atomic E-state index is 5.61. The fraction of sp³-hybridized carbons (Fsp3) is 0.250. The lowest BCUT2D eigenvalue weighted by molar-refractivity contribution is 0.977. The lowest BCUT2D eigenvalue weighted by atomic mass is 10.3. The number of nitrogens with two attached hydrogens (primary N) is 1. The van der Waals surface area contributed by atoms with E-state index in [0.717, 1.165) is 17.1 Å². The van der Waals surface area contributed by atoms with Crippen LogP contribution in [0.3, 0.4) is 0 Å². The van der Waals surface area contributed by atoms with Gasteiger partial charge in [0.05, 0.1) is 12.2 Å². The summed E-state index contributed by atoms with van der Waals surface area (Å²) in [6, 6.07) is 7.48. The van der Waals surface area contributed by atoms with E-state index < -0.39 is 0 Å². The van der Waals surface area contributed by atoms with E-state index >= 15 is 0 Å². The Morgan fingerprint density at radius 3 is 2.47 bits per heavy atom. The van der Waals surface area contributed by atoms with Gasteiger partial charge in [0.15, 0.2) is 0 Å². The third-order valence-electron chi connectivity index (χ3n) is 2.24. The molecule has 0 unspecified atom stereocenters. The maximum Gasteiger partial charge on any atom is 0.223 e. The summed E-state index contributed by atoms with van der Waals surface area (Å²) in [6.07, 6.45) is 0. The number of anilines is 2. The van der Waals surface area contributed by atoms with E-state index in [4.69, 9.17) is 5.73 Å². The molecule has 0 atom stereocenters. The van der Waals surface area contributed by atoms with Gasteiger partial charge < -0.3 is 11.1 Å². The van der Waals surface area contributed by atoms with Gasteiger partial charge in [0.25, 0.3) is 0 Å². The summed E-state index contributed by atoms with van der Waals surface area (Å²) in [5, 5.41) is 3.13. The maximum absolute atomic E-state index is 5.61. The highest BCUT2D eigenvalue weighted by molar-refractivity contribution is 5.32. The van der Waals surface area contributed by atoms with Gasteiger partial charge in [-0.15, -0.1) is 0 Å². The third-order valence-corrected chi connectivity index (χ3v) is 2.24. The van der Waals surface area contributed by atoms with Crippen LogP contribution in [0.2, 0.25) is 0 Å². The zero-order chi connectivity index (χ0) is 12.3. The smallest absolute Gasteiger partial charge is 0.223 e. The molecule has 0 aliphatic heterocycles. The van der Waals surface area contributed by atoms with Crippen LogP contribution in [0, 0.1) is 13.8 Å². The van der Waals surface area contributed by atoms with E-state index in [1.807, 2.05) is 32.0 Å². The van der Waals surface area contributed by atoms with Crippen LogP contribution in [0.5, 0.6) is 0 Å². The van der Waals surface area contributed by atoms with Gasteiger partial charge in [-0.2, -0.15) is 0 Å². The second kappa shape index (κ2) is 4.78. The van der Waals surface area contributed by atoms with Gasteiger partial charge in [-0.25, -0.2) is 15.0 Å². The van der Waals surface area contributed by atoms with Gasteiger partial charge in [-0.05, 0) is 32.0 Å². The van der Waals surface area contributed by atoms with Crippen LogP contribution >= 0.6 is 0 Å². The number of aromatic nitrogens is 3. The normalized spacial score (nSPS) is 10.2. The quantitative estimate of drug-likeness (QED) is 0.837. The lowest BCUT2D eigenvalue weighted by Gasteiger charge is -2.06. The molecule has 0 aliphatic rings. The molecular formula is C12H15N5. The number of rotatable bonds is 3. The van der Waals surface area contributed by atoms with Crippen LogP contribution in [-0.2, 0) is 6.54 Å². The van der Waals surface area contributed by atoms with Crippen LogP contribution in [0.1, 0.15) is 17.1 Å². The second-order valence-corrected chi connectivity index (χ2v) is 3.88. The number of pyridine rings is 1. The molecule has 2 rings (SSSR count). The van der Waals surface area contributed by atoms with Crippen molar-refractivity contribution < 1.29 is 0 Å². The Labute approximate surface area is 100 Å². The van der Waals surface area contributed by atoms with Crippen LogP contribution in [0.25, 0.3) is 0 Å². The minimum Gasteiger partial charge on any atom is -0.384 e. The molecule has 0 bridgehead atoms. The molecule has 0 saturated carbocycles. The molecular weight excluding hydrogens is 214 g/mol. The number of hydrogen-bond donors (Lipinski definition) is 2. The number of nitrogens with one attached hydrogen (secondary N) is 1. The summed E-state index contributed by atoms with van der Waals surface area (Å²) in [5.74, 6) is 1.14. The first-order valence-electron chi connectivity index (χ1n) is 5.41. The molecule has 2 aromatic heterocycles. The van der Waals surface area contributed by atoms with Crippen molar-refractivity contribution in [2.75, 3.05) is 11.1 Å². The molecule has 0 saturated heterocycles. The van der Waals surface area contributed by atoms with E-state index in [1.54, 1.807) is 6.07 Å². The zero-order valence-corrected chi connectivity index (χ0v) is 9.94. The third kappa shape index (κ3) is 3.14. The summed E-state index contributed by atoms with van der Waals surface area (Å²) in [6.45, 7) is 4.45. The van der Waals surface area contributed by atoms with E-state index in [1.165, 1.54) is 0 Å². The molecule has 17 heavy (non-hydrogen) atoms. The van der Waals surface area contributed by atoms with Crippen molar-refractivity contribution in [1.82, 2.24) is 15.0 Å². The Morgan fingerprint density at radius 1 is 1.12 bits per heavy atom. The average Bonchev–Trinajstić information content (AvgIpc) is 2.25. The largest absolute Gasteiger partial charge is 0.384 e. The van der Waals surface area contributed by atoms with E-state index in [2.05, 4.69) is 20.3 Å². The molecule has 0 aliphatic carbocycles. The van der Waals surface area contributed by atoms with Gasteiger partial charge >= 0.3 is 0 Å². The Morgan fingerprint density at radius 2 is 1.82 bits per heavy atom. The minimum absolute atomic E-state index is 0.519. The average molecular weight is 229 g/mol. The van der Waals surface area contributed by atoms with Crippen LogP contribution in [-0.4, -0.2) is 15.0 Å². The highest BCUT2D eigenvalue weighted by atomic mass is 15.1. The second-order valence-electron chi connectivity index (χ2n) is 3.88. The number of nitrogen functional groups attached to an aromatic ring is 1. The SMILES string of the molecule is Cc1cc(C)nc(NCc2cccc(N)n2)n1. The highest BCUT2D eigenvalue weighted by Crippen LogP contribution is 2.06. The van der Waals surface area contributed by atoms with Gasteiger partial charge in [-0.3, -0.25) is 0 Å². The zero-order valence-electron chi connectivity index (χ0n) is 9.94. The van der Waals surface area contributed by atoms with Gasteiger partial charge in [0.1, 0.15) is 5.82 Å². The fourth-order valence-corrected chi connectivity index (χ4v) is 1.57. The minimum atomic E-state index is 0.519. The van der Waals surface area contributed by atoms with E-state index in [9.17, 15) is 0 Å². The molecule has 0 aromatic carbocycles. The van der Waals surface area contributed by atoms with Crippen molar-refractivity contribution in [3.63, 3.8) is 0 Å². The Bertz CT molecular complexity index is 504. The van der Waals surface area contributed by atoms with Crippen molar-refractivity contribution in [2.45, 2.75) is 20.4 Å². The summed E-state index contributed by atoms with van der Waals surface area (Å²) >= 11 is 0. The Balaban J connectivity index is 2.07. The Hall–Kier alpha value is -2.17. The molecule has 3 N–H and O–H groups in total. The van der Waals surface area contributed by atoms with Crippen LogP contribution in [0.4, 0.5) is 11.8 Å². The lowest BCUT2D eigenvalue weighted by Crippen LogP contribution is -2.07. The topological polar surface area (TPSA) is 76.7 Å². The van der Waals surface area contributed by atoms with Crippen LogP contribution < -0.4 is 11.1 Å². The Kier molecular flexibility index (Phi) is 3.18. The van der Waals surface area contributed by atoms with Crippen molar-refractivity contribution in [1.29, 1.82) is 0 Å². The molecule has 2 aromatic rings. The predicted octanol–water partition coefficient (Wildman–Crippen LogP) is 1.68. The van der Waals surface area contributed by atoms with Crippen LogP contribution in [0.15, 0.2) is 24.3 Å². The predicted molar refractivity (Wildman–Crippen MR) is 67.5 cm³/mol. The van der Waals surface area contributed by atoms with Gasteiger partial charge in [0.2, 0.25) is 5.95 Å². The van der Waals surface area contributed by atoms with Gasteiger partial charge in [-0.1, -0.05) is 6.07 Å². The molecule has 2 heterocycles. The first kappa shape index (κ1) is 11.3. The molecule has 0 spiro atoms. The van der Waals surface area contributed by atoms with Crippen molar-refractivity contribution in [3.05, 3.63) is 41.3 Å². The molecule has 5 nitrogen and oxygen atoms in total. The molecule has 0 radical (unpaired) electrons. The number of hydrogen-bond acceptors (Lipinski definition) is 5. The van der Waals surface area contributed by atoms with Gasteiger partial charge in [0, 0.05) is 11.4 Å². The number of nitrogens with zero attached hydrogens (tertiary/aromatic N) is 3. The molecule has 88 valence electrons. The first-order valence-corrected chi connectivity index (χ1v) is 5.41. The monoisotopic (exact) mass is 229 g/mol.